The van der Waals surface area contributed by atoms with Crippen LogP contribution >= 0.6 is 0 Å². The SMILES string of the molecule is COc1ccc(C(O)C2(C#N)CCC2)cc1OC. The number of aliphatic hydroxyl groups is 1. The Morgan fingerprint density at radius 1 is 1.28 bits per heavy atom. The van der Waals surface area contributed by atoms with Crippen LogP contribution in [0.3, 0.4) is 0 Å². The molecule has 0 bridgehead atoms. The number of hydrogen-bond donors (Lipinski definition) is 1. The predicted molar refractivity (Wildman–Crippen MR) is 66.4 cm³/mol. The van der Waals surface area contributed by atoms with Crippen molar-refractivity contribution < 1.29 is 14.6 Å². The molecule has 4 heteroatoms. The Kier molecular flexibility index (Phi) is 3.44. The van der Waals surface area contributed by atoms with Gasteiger partial charge in [-0.15, -0.1) is 0 Å². The molecule has 1 aliphatic rings. The zero-order valence-electron chi connectivity index (χ0n) is 10.6. The highest BCUT2D eigenvalue weighted by Gasteiger charge is 2.44. The summed E-state index contributed by atoms with van der Waals surface area (Å²) < 4.78 is 10.4. The highest BCUT2D eigenvalue weighted by Crippen LogP contribution is 2.50. The van der Waals surface area contributed by atoms with Gasteiger partial charge in [-0.2, -0.15) is 5.26 Å². The first kappa shape index (κ1) is 12.7. The molecule has 0 spiro atoms. The second-order valence-electron chi connectivity index (χ2n) is 4.64. The van der Waals surface area contributed by atoms with Gasteiger partial charge in [0.2, 0.25) is 0 Å². The van der Waals surface area contributed by atoms with Crippen molar-refractivity contribution in [3.05, 3.63) is 23.8 Å². The monoisotopic (exact) mass is 247 g/mol. The van der Waals surface area contributed by atoms with E-state index in [1.807, 2.05) is 0 Å². The lowest BCUT2D eigenvalue weighted by molar-refractivity contribution is 0.00780. The fourth-order valence-corrected chi connectivity index (χ4v) is 2.35. The summed E-state index contributed by atoms with van der Waals surface area (Å²) in [5.41, 5.74) is 0.0773. The summed E-state index contributed by atoms with van der Waals surface area (Å²) in [6, 6.07) is 7.53. The van der Waals surface area contributed by atoms with Crippen LogP contribution in [-0.2, 0) is 0 Å². The van der Waals surface area contributed by atoms with Crippen molar-refractivity contribution in [1.29, 1.82) is 5.26 Å². The first-order chi connectivity index (χ1) is 8.66. The molecule has 96 valence electrons. The van der Waals surface area contributed by atoms with Crippen LogP contribution in [0.25, 0.3) is 0 Å². The highest BCUT2D eigenvalue weighted by molar-refractivity contribution is 5.44. The Morgan fingerprint density at radius 3 is 2.39 bits per heavy atom. The summed E-state index contributed by atoms with van der Waals surface area (Å²) in [7, 11) is 3.12. The number of ether oxygens (including phenoxy) is 2. The lowest BCUT2D eigenvalue weighted by atomic mass is 9.64. The van der Waals surface area contributed by atoms with Gasteiger partial charge in [0.25, 0.3) is 0 Å². The summed E-state index contributed by atoms with van der Waals surface area (Å²) in [5, 5.41) is 19.6. The molecular formula is C14H17NO3. The average molecular weight is 247 g/mol. The summed E-state index contributed by atoms with van der Waals surface area (Å²) >= 11 is 0. The number of benzene rings is 1. The normalized spacial score (nSPS) is 18.3. The number of methoxy groups -OCH3 is 2. The van der Waals surface area contributed by atoms with Crippen molar-refractivity contribution >= 4 is 0 Å². The van der Waals surface area contributed by atoms with Crippen LogP contribution in [0.1, 0.15) is 30.9 Å². The van der Waals surface area contributed by atoms with Crippen LogP contribution in [0.15, 0.2) is 18.2 Å². The van der Waals surface area contributed by atoms with Gasteiger partial charge in [-0.05, 0) is 30.5 Å². The maximum absolute atomic E-state index is 10.4. The van der Waals surface area contributed by atoms with Crippen LogP contribution in [0.4, 0.5) is 0 Å². The molecule has 1 saturated carbocycles. The summed E-state index contributed by atoms with van der Waals surface area (Å²) in [5.74, 6) is 1.19. The third-order valence-electron chi connectivity index (χ3n) is 3.72. The topological polar surface area (TPSA) is 62.5 Å². The lowest BCUT2D eigenvalue weighted by Gasteiger charge is -2.39. The van der Waals surface area contributed by atoms with Crippen molar-refractivity contribution in [1.82, 2.24) is 0 Å². The van der Waals surface area contributed by atoms with E-state index in [-0.39, 0.29) is 0 Å². The van der Waals surface area contributed by atoms with Crippen molar-refractivity contribution in [2.75, 3.05) is 14.2 Å². The number of rotatable bonds is 4. The quantitative estimate of drug-likeness (QED) is 0.887. The van der Waals surface area contributed by atoms with Crippen molar-refractivity contribution in [2.45, 2.75) is 25.4 Å². The van der Waals surface area contributed by atoms with Crippen LogP contribution in [0.5, 0.6) is 11.5 Å². The number of nitriles is 1. The van der Waals surface area contributed by atoms with E-state index in [1.54, 1.807) is 32.4 Å². The van der Waals surface area contributed by atoms with Crippen molar-refractivity contribution in [2.24, 2.45) is 5.41 Å². The molecule has 0 amide bonds. The first-order valence-corrected chi connectivity index (χ1v) is 5.98. The minimum absolute atomic E-state index is 0.571. The fraction of sp³-hybridized carbons (Fsp3) is 0.500. The molecule has 0 saturated heterocycles. The summed E-state index contributed by atoms with van der Waals surface area (Å²) in [6.07, 6.45) is 1.73. The lowest BCUT2D eigenvalue weighted by Crippen LogP contribution is -2.34. The maximum atomic E-state index is 10.4. The van der Waals surface area contributed by atoms with E-state index in [0.29, 0.717) is 17.1 Å². The molecule has 1 aromatic rings. The van der Waals surface area contributed by atoms with E-state index < -0.39 is 11.5 Å². The van der Waals surface area contributed by atoms with E-state index in [9.17, 15) is 10.4 Å². The number of hydrogen-bond acceptors (Lipinski definition) is 4. The van der Waals surface area contributed by atoms with Gasteiger partial charge in [-0.1, -0.05) is 12.5 Å². The molecule has 1 atom stereocenters. The first-order valence-electron chi connectivity index (χ1n) is 5.98. The van der Waals surface area contributed by atoms with E-state index >= 15 is 0 Å². The van der Waals surface area contributed by atoms with E-state index in [1.165, 1.54) is 0 Å². The molecule has 1 aromatic carbocycles. The Morgan fingerprint density at radius 2 is 1.94 bits per heavy atom. The van der Waals surface area contributed by atoms with E-state index in [2.05, 4.69) is 6.07 Å². The fourth-order valence-electron chi connectivity index (χ4n) is 2.35. The molecule has 18 heavy (non-hydrogen) atoms. The maximum Gasteiger partial charge on any atom is 0.161 e. The van der Waals surface area contributed by atoms with Crippen LogP contribution in [0, 0.1) is 16.7 Å². The highest BCUT2D eigenvalue weighted by atomic mass is 16.5. The molecule has 1 fully saturated rings. The largest absolute Gasteiger partial charge is 0.493 e. The van der Waals surface area contributed by atoms with Gasteiger partial charge in [0, 0.05) is 0 Å². The van der Waals surface area contributed by atoms with Gasteiger partial charge in [0.15, 0.2) is 11.5 Å². The van der Waals surface area contributed by atoms with Gasteiger partial charge in [0.1, 0.15) is 0 Å². The minimum atomic E-state index is -0.768. The molecule has 1 unspecified atom stereocenters. The van der Waals surface area contributed by atoms with Gasteiger partial charge in [0.05, 0.1) is 31.8 Å². The average Bonchev–Trinajstić information content (AvgIpc) is 2.37. The minimum Gasteiger partial charge on any atom is -0.493 e. The third-order valence-corrected chi connectivity index (χ3v) is 3.72. The zero-order chi connectivity index (χ0) is 13.2. The third kappa shape index (κ3) is 1.91. The molecule has 4 nitrogen and oxygen atoms in total. The smallest absolute Gasteiger partial charge is 0.161 e. The van der Waals surface area contributed by atoms with Crippen molar-refractivity contribution in [3.8, 4) is 17.6 Å². The standard InChI is InChI=1S/C14H17NO3/c1-17-11-5-4-10(8-12(11)18-2)13(16)14(9-15)6-3-7-14/h4-5,8,13,16H,3,6-7H2,1-2H3. The van der Waals surface area contributed by atoms with E-state index in [0.717, 1.165) is 19.3 Å². The predicted octanol–water partition coefficient (Wildman–Crippen LogP) is 2.43. The van der Waals surface area contributed by atoms with Crippen LogP contribution in [-0.4, -0.2) is 19.3 Å². The Bertz CT molecular complexity index is 474. The molecule has 1 aliphatic carbocycles. The molecular weight excluding hydrogens is 230 g/mol. The molecule has 0 heterocycles. The number of aliphatic hydroxyl groups excluding tert-OH is 1. The summed E-state index contributed by atoms with van der Waals surface area (Å²) in [6.45, 7) is 0. The molecule has 2 rings (SSSR count). The van der Waals surface area contributed by atoms with E-state index in [4.69, 9.17) is 9.47 Å². The number of nitrogens with zero attached hydrogens (tertiary/aromatic N) is 1. The van der Waals surface area contributed by atoms with Gasteiger partial charge in [-0.3, -0.25) is 0 Å². The molecule has 0 radical (unpaired) electrons. The van der Waals surface area contributed by atoms with Crippen LogP contribution in [0.2, 0.25) is 0 Å². The summed E-state index contributed by atoms with van der Waals surface area (Å²) in [4.78, 5) is 0. The zero-order valence-corrected chi connectivity index (χ0v) is 10.6. The van der Waals surface area contributed by atoms with Gasteiger partial charge >= 0.3 is 0 Å². The van der Waals surface area contributed by atoms with Crippen molar-refractivity contribution in [3.63, 3.8) is 0 Å². The second-order valence-corrected chi connectivity index (χ2v) is 4.64. The molecule has 0 aliphatic heterocycles. The second kappa shape index (κ2) is 4.87. The molecule has 0 aromatic heterocycles. The Hall–Kier alpha value is -1.73. The van der Waals surface area contributed by atoms with Gasteiger partial charge in [-0.25, -0.2) is 0 Å². The van der Waals surface area contributed by atoms with Gasteiger partial charge < -0.3 is 14.6 Å². The Balaban J connectivity index is 2.31. The Labute approximate surface area is 107 Å². The molecule has 1 N–H and O–H groups in total. The van der Waals surface area contributed by atoms with Crippen LogP contribution < -0.4 is 9.47 Å².